The second-order valence-electron chi connectivity index (χ2n) is 4.05. The van der Waals surface area contributed by atoms with Crippen molar-refractivity contribution in [2.75, 3.05) is 0 Å². The lowest BCUT2D eigenvalue weighted by molar-refractivity contribution is 0.249. The van der Waals surface area contributed by atoms with E-state index in [0.717, 1.165) is 15.7 Å². The molecule has 0 aliphatic heterocycles. The molecule has 0 spiro atoms. The van der Waals surface area contributed by atoms with E-state index in [9.17, 15) is 4.79 Å². The Morgan fingerprint density at radius 1 is 1.39 bits per heavy atom. The molecule has 2 amide bonds. The lowest BCUT2D eigenvalue weighted by atomic mass is 10.1. The normalized spacial score (nSPS) is 12.1. The zero-order valence-corrected chi connectivity index (χ0v) is 11.9. The second kappa shape index (κ2) is 6.96. The Bertz CT molecular complexity index is 464. The van der Waals surface area contributed by atoms with E-state index in [4.69, 9.17) is 5.73 Å². The van der Waals surface area contributed by atoms with Crippen molar-refractivity contribution in [3.63, 3.8) is 0 Å². The highest BCUT2D eigenvalue weighted by Gasteiger charge is 2.01. The number of rotatable bonds is 4. The summed E-state index contributed by atoms with van der Waals surface area (Å²) in [6, 6.07) is 7.24. The number of hydrogen-bond donors (Lipinski definition) is 2. The van der Waals surface area contributed by atoms with Crippen LogP contribution in [0.1, 0.15) is 19.4 Å². The van der Waals surface area contributed by atoms with E-state index in [1.165, 1.54) is 0 Å². The molecule has 0 atom stereocenters. The van der Waals surface area contributed by atoms with Gasteiger partial charge in [-0.3, -0.25) is 0 Å². The quantitative estimate of drug-likeness (QED) is 0.651. The fraction of sp³-hybridized carbons (Fsp3) is 0.231. The summed E-state index contributed by atoms with van der Waals surface area (Å²) in [5.74, 6) is 0.198. The number of allylic oxidation sites excluding steroid dienone is 1. The second-order valence-corrected chi connectivity index (χ2v) is 4.97. The molecular weight excluding hydrogens is 294 g/mol. The maximum absolute atomic E-state index is 10.6. The van der Waals surface area contributed by atoms with Gasteiger partial charge in [0.1, 0.15) is 0 Å². The standard InChI is InChI=1S/C13H16BrN3O/c1-9(2)12(16-17-13(15)18)8-5-10-3-6-11(14)7-4-10/h3-9H,1-2H3,(H3,15,17,18)/b8-5?,16-12-. The Morgan fingerprint density at radius 2 is 2.00 bits per heavy atom. The van der Waals surface area contributed by atoms with E-state index in [1.54, 1.807) is 0 Å². The third-order valence-electron chi connectivity index (χ3n) is 2.20. The summed E-state index contributed by atoms with van der Waals surface area (Å²) in [4.78, 5) is 10.6. The Labute approximate surface area is 115 Å². The first-order chi connectivity index (χ1) is 8.49. The minimum absolute atomic E-state index is 0.198. The molecule has 0 aliphatic carbocycles. The molecule has 0 bridgehead atoms. The van der Waals surface area contributed by atoms with Crippen LogP contribution in [0.15, 0.2) is 39.9 Å². The number of primary amides is 1. The van der Waals surface area contributed by atoms with Gasteiger partial charge in [0.2, 0.25) is 0 Å². The predicted octanol–water partition coefficient (Wildman–Crippen LogP) is 3.14. The number of carbonyl (C=O) groups is 1. The molecule has 0 unspecified atom stereocenters. The highest BCUT2D eigenvalue weighted by molar-refractivity contribution is 9.10. The molecule has 0 fully saturated rings. The van der Waals surface area contributed by atoms with Gasteiger partial charge in [0.25, 0.3) is 0 Å². The summed E-state index contributed by atoms with van der Waals surface area (Å²) < 4.78 is 1.03. The van der Waals surface area contributed by atoms with Crippen LogP contribution in [0.25, 0.3) is 6.08 Å². The van der Waals surface area contributed by atoms with Crippen molar-refractivity contribution in [1.29, 1.82) is 0 Å². The van der Waals surface area contributed by atoms with Crippen LogP contribution in [-0.4, -0.2) is 11.7 Å². The average Bonchev–Trinajstić information content (AvgIpc) is 2.30. The minimum atomic E-state index is -0.662. The van der Waals surface area contributed by atoms with Crippen molar-refractivity contribution in [2.45, 2.75) is 13.8 Å². The molecule has 0 aliphatic rings. The summed E-state index contributed by atoms with van der Waals surface area (Å²) >= 11 is 3.38. The molecule has 0 aromatic heterocycles. The SMILES string of the molecule is CC(C)/C(C=Cc1ccc(Br)cc1)=N\NC(N)=O. The van der Waals surface area contributed by atoms with Crippen molar-refractivity contribution >= 4 is 33.7 Å². The first-order valence-electron chi connectivity index (χ1n) is 5.55. The van der Waals surface area contributed by atoms with E-state index in [-0.39, 0.29) is 5.92 Å². The largest absolute Gasteiger partial charge is 0.350 e. The van der Waals surface area contributed by atoms with E-state index >= 15 is 0 Å². The fourth-order valence-corrected chi connectivity index (χ4v) is 1.50. The number of carbonyl (C=O) groups excluding carboxylic acids is 1. The zero-order valence-electron chi connectivity index (χ0n) is 10.4. The van der Waals surface area contributed by atoms with Gasteiger partial charge in [0.15, 0.2) is 0 Å². The smallest absolute Gasteiger partial charge is 0.332 e. The monoisotopic (exact) mass is 309 g/mol. The highest BCUT2D eigenvalue weighted by atomic mass is 79.9. The van der Waals surface area contributed by atoms with Gasteiger partial charge in [0, 0.05) is 4.47 Å². The summed E-state index contributed by atoms with van der Waals surface area (Å²) in [5, 5.41) is 3.95. The van der Waals surface area contributed by atoms with Gasteiger partial charge in [-0.1, -0.05) is 48.0 Å². The number of nitrogens with two attached hydrogens (primary N) is 1. The zero-order chi connectivity index (χ0) is 13.5. The Morgan fingerprint density at radius 3 is 2.50 bits per heavy atom. The average molecular weight is 310 g/mol. The van der Waals surface area contributed by atoms with E-state index in [0.29, 0.717) is 0 Å². The van der Waals surface area contributed by atoms with Crippen LogP contribution in [0.2, 0.25) is 0 Å². The molecule has 5 heteroatoms. The topological polar surface area (TPSA) is 67.5 Å². The molecule has 18 heavy (non-hydrogen) atoms. The summed E-state index contributed by atoms with van der Waals surface area (Å²) in [6.45, 7) is 3.99. The Balaban J connectivity index is 2.80. The Kier molecular flexibility index (Phi) is 5.58. The number of amides is 2. The van der Waals surface area contributed by atoms with Gasteiger partial charge in [-0.25, -0.2) is 10.2 Å². The lowest BCUT2D eigenvalue weighted by Gasteiger charge is -2.05. The fourth-order valence-electron chi connectivity index (χ4n) is 1.23. The lowest BCUT2D eigenvalue weighted by Crippen LogP contribution is -2.26. The van der Waals surface area contributed by atoms with Crippen LogP contribution >= 0.6 is 15.9 Å². The number of nitrogens with zero attached hydrogens (tertiary/aromatic N) is 1. The van der Waals surface area contributed by atoms with Gasteiger partial charge in [-0.05, 0) is 29.7 Å². The molecule has 0 radical (unpaired) electrons. The maximum atomic E-state index is 10.6. The minimum Gasteiger partial charge on any atom is -0.350 e. The van der Waals surface area contributed by atoms with Crippen molar-refractivity contribution in [2.24, 2.45) is 16.8 Å². The number of hydrazone groups is 1. The molecule has 3 N–H and O–H groups in total. The highest BCUT2D eigenvalue weighted by Crippen LogP contribution is 2.12. The van der Waals surface area contributed by atoms with Gasteiger partial charge in [-0.15, -0.1) is 0 Å². The van der Waals surface area contributed by atoms with E-state index < -0.39 is 6.03 Å². The van der Waals surface area contributed by atoms with Crippen LogP contribution in [0.5, 0.6) is 0 Å². The van der Waals surface area contributed by atoms with Crippen molar-refractivity contribution in [3.8, 4) is 0 Å². The van der Waals surface area contributed by atoms with Crippen LogP contribution in [0, 0.1) is 5.92 Å². The van der Waals surface area contributed by atoms with Gasteiger partial charge in [-0.2, -0.15) is 5.10 Å². The molecule has 4 nitrogen and oxygen atoms in total. The number of nitrogens with one attached hydrogen (secondary N) is 1. The third-order valence-corrected chi connectivity index (χ3v) is 2.73. The van der Waals surface area contributed by atoms with Gasteiger partial charge < -0.3 is 5.73 Å². The predicted molar refractivity (Wildman–Crippen MR) is 78.2 cm³/mol. The van der Waals surface area contributed by atoms with Crippen LogP contribution in [-0.2, 0) is 0 Å². The third kappa shape index (κ3) is 5.14. The summed E-state index contributed by atoms with van der Waals surface area (Å²) in [6.07, 6.45) is 3.80. The summed E-state index contributed by atoms with van der Waals surface area (Å²) in [5.41, 5.74) is 9.04. The van der Waals surface area contributed by atoms with E-state index in [2.05, 4.69) is 26.5 Å². The van der Waals surface area contributed by atoms with Crippen molar-refractivity contribution in [3.05, 3.63) is 40.4 Å². The molecule has 1 aromatic rings. The van der Waals surface area contributed by atoms with E-state index in [1.807, 2.05) is 50.3 Å². The number of benzene rings is 1. The van der Waals surface area contributed by atoms with Crippen LogP contribution in [0.3, 0.4) is 0 Å². The molecular formula is C13H16BrN3O. The number of halogens is 1. The molecule has 0 heterocycles. The van der Waals surface area contributed by atoms with Crippen LogP contribution < -0.4 is 11.2 Å². The first-order valence-corrected chi connectivity index (χ1v) is 6.35. The van der Waals surface area contributed by atoms with Crippen LogP contribution in [0.4, 0.5) is 4.79 Å². The Hall–Kier alpha value is -1.62. The first kappa shape index (κ1) is 14.4. The maximum Gasteiger partial charge on any atom is 0.332 e. The van der Waals surface area contributed by atoms with Gasteiger partial charge >= 0.3 is 6.03 Å². The molecule has 1 rings (SSSR count). The number of urea groups is 1. The molecule has 0 saturated carbocycles. The molecule has 0 saturated heterocycles. The van der Waals surface area contributed by atoms with Gasteiger partial charge in [0.05, 0.1) is 5.71 Å². The number of hydrogen-bond acceptors (Lipinski definition) is 2. The summed E-state index contributed by atoms with van der Waals surface area (Å²) in [7, 11) is 0. The molecule has 96 valence electrons. The molecule has 1 aromatic carbocycles. The van der Waals surface area contributed by atoms with Crippen molar-refractivity contribution < 1.29 is 4.79 Å². The van der Waals surface area contributed by atoms with Crippen molar-refractivity contribution in [1.82, 2.24) is 5.43 Å².